The summed E-state index contributed by atoms with van der Waals surface area (Å²) in [6, 6.07) is 4.00. The maximum Gasteiger partial charge on any atom is 0.286 e. The van der Waals surface area contributed by atoms with Crippen LogP contribution in [0.15, 0.2) is 24.3 Å². The number of nitrogens with two attached hydrogens (primary N) is 1. The van der Waals surface area contributed by atoms with Gasteiger partial charge in [-0.2, -0.15) is 4.98 Å². The summed E-state index contributed by atoms with van der Waals surface area (Å²) in [5, 5.41) is 10.5. The summed E-state index contributed by atoms with van der Waals surface area (Å²) in [5.74, 6) is -2.64. The van der Waals surface area contributed by atoms with E-state index < -0.39 is 22.3 Å². The Labute approximate surface area is 111 Å². The Hall–Kier alpha value is -3.10. The van der Waals surface area contributed by atoms with E-state index in [0.29, 0.717) is 6.07 Å². The Kier molecular flexibility index (Phi) is 3.51. The zero-order chi connectivity index (χ0) is 14.7. The normalized spacial score (nSPS) is 10.1. The van der Waals surface area contributed by atoms with Crippen molar-refractivity contribution < 1.29 is 18.8 Å². The second-order valence-corrected chi connectivity index (χ2v) is 3.50. The quantitative estimate of drug-likeness (QED) is 0.662. The number of primary amides is 1. The molecule has 1 aromatic heterocycles. The fourth-order valence-corrected chi connectivity index (χ4v) is 1.27. The van der Waals surface area contributed by atoms with Crippen LogP contribution in [0.1, 0.15) is 10.6 Å². The third-order valence-electron chi connectivity index (χ3n) is 2.14. The lowest BCUT2D eigenvalue weighted by Crippen LogP contribution is -2.15. The van der Waals surface area contributed by atoms with Gasteiger partial charge < -0.3 is 10.5 Å². The standard InChI is InChI=1S/C11H6FN4O4/c12-7-5-6(16(18)19)1-2-8(7)20-9-3-4-14-11(15-9)10(13)17/h1-3,5H,(H2,13,17). The molecular weight excluding hydrogens is 271 g/mol. The van der Waals surface area contributed by atoms with Crippen molar-refractivity contribution in [3.63, 3.8) is 0 Å². The minimum absolute atomic E-state index is 0.165. The molecule has 9 heteroatoms. The predicted octanol–water partition coefficient (Wildman–Crippen LogP) is 1.22. The van der Waals surface area contributed by atoms with Gasteiger partial charge in [-0.05, 0) is 6.07 Å². The molecule has 1 aromatic carbocycles. The third-order valence-corrected chi connectivity index (χ3v) is 2.14. The number of rotatable bonds is 4. The molecule has 2 rings (SSSR count). The van der Waals surface area contributed by atoms with Gasteiger partial charge in [0, 0.05) is 12.1 Å². The van der Waals surface area contributed by atoms with Gasteiger partial charge in [0.2, 0.25) is 11.7 Å². The molecular formula is C11H6FN4O4. The smallest absolute Gasteiger partial charge is 0.286 e. The molecule has 0 saturated heterocycles. The van der Waals surface area contributed by atoms with E-state index in [1.54, 1.807) is 0 Å². The summed E-state index contributed by atoms with van der Waals surface area (Å²) in [6.45, 7) is 0. The molecule has 0 aliphatic heterocycles. The van der Waals surface area contributed by atoms with Crippen molar-refractivity contribution in [2.45, 2.75) is 0 Å². The minimum Gasteiger partial charge on any atom is -0.436 e. The van der Waals surface area contributed by atoms with E-state index in [-0.39, 0.29) is 17.5 Å². The number of nitro benzene ring substituents is 1. The Bertz CT molecular complexity index is 692. The van der Waals surface area contributed by atoms with E-state index in [4.69, 9.17) is 10.5 Å². The third kappa shape index (κ3) is 2.83. The highest BCUT2D eigenvalue weighted by Gasteiger charge is 2.13. The van der Waals surface area contributed by atoms with Crippen molar-refractivity contribution in [3.8, 4) is 11.6 Å². The van der Waals surface area contributed by atoms with E-state index in [0.717, 1.165) is 18.2 Å². The Morgan fingerprint density at radius 1 is 1.50 bits per heavy atom. The predicted molar refractivity (Wildman–Crippen MR) is 62.5 cm³/mol. The van der Waals surface area contributed by atoms with Crippen LogP contribution in [0.4, 0.5) is 10.1 Å². The lowest BCUT2D eigenvalue weighted by molar-refractivity contribution is -0.385. The number of aromatic nitrogens is 2. The first-order chi connectivity index (χ1) is 9.47. The SMILES string of the molecule is NC(=O)c1n[c]cc(Oc2ccc([N+](=O)[O-])cc2F)n1. The summed E-state index contributed by atoms with van der Waals surface area (Å²) in [4.78, 5) is 27.7. The maximum absolute atomic E-state index is 13.6. The van der Waals surface area contributed by atoms with Crippen LogP contribution in [-0.4, -0.2) is 20.8 Å². The molecule has 1 heterocycles. The highest BCUT2D eigenvalue weighted by Crippen LogP contribution is 2.26. The van der Waals surface area contributed by atoms with Crippen LogP contribution in [0.25, 0.3) is 0 Å². The summed E-state index contributed by atoms with van der Waals surface area (Å²) >= 11 is 0. The van der Waals surface area contributed by atoms with Gasteiger partial charge >= 0.3 is 0 Å². The number of hydrogen-bond donors (Lipinski definition) is 1. The maximum atomic E-state index is 13.6. The van der Waals surface area contributed by atoms with Gasteiger partial charge in [0.15, 0.2) is 11.6 Å². The first kappa shape index (κ1) is 13.3. The number of non-ortho nitro benzene ring substituents is 1. The van der Waals surface area contributed by atoms with Crippen molar-refractivity contribution >= 4 is 11.6 Å². The highest BCUT2D eigenvalue weighted by molar-refractivity contribution is 5.88. The summed E-state index contributed by atoms with van der Waals surface area (Å²) < 4.78 is 18.6. The molecule has 8 nitrogen and oxygen atoms in total. The van der Waals surface area contributed by atoms with Crippen molar-refractivity contribution in [1.29, 1.82) is 0 Å². The molecule has 2 aromatic rings. The van der Waals surface area contributed by atoms with Crippen molar-refractivity contribution in [1.82, 2.24) is 9.97 Å². The second-order valence-electron chi connectivity index (χ2n) is 3.50. The van der Waals surface area contributed by atoms with E-state index in [2.05, 4.69) is 16.2 Å². The molecule has 0 atom stereocenters. The van der Waals surface area contributed by atoms with Crippen LogP contribution in [0.5, 0.6) is 11.6 Å². The average Bonchev–Trinajstić information content (AvgIpc) is 2.41. The molecule has 0 bridgehead atoms. The number of nitro groups is 1. The number of ether oxygens (including phenoxy) is 1. The Balaban J connectivity index is 2.28. The molecule has 2 N–H and O–H groups in total. The summed E-state index contributed by atoms with van der Waals surface area (Å²) in [6.07, 6.45) is 2.31. The molecule has 20 heavy (non-hydrogen) atoms. The number of hydrogen-bond acceptors (Lipinski definition) is 6. The first-order valence-electron chi connectivity index (χ1n) is 5.14. The average molecular weight is 277 g/mol. The van der Waals surface area contributed by atoms with E-state index in [1.165, 1.54) is 0 Å². The number of carbonyl (C=O) groups is 1. The number of halogens is 1. The van der Waals surface area contributed by atoms with E-state index in [9.17, 15) is 19.3 Å². The molecule has 0 saturated carbocycles. The largest absolute Gasteiger partial charge is 0.436 e. The van der Waals surface area contributed by atoms with E-state index in [1.807, 2.05) is 0 Å². The molecule has 1 radical (unpaired) electrons. The van der Waals surface area contributed by atoms with Gasteiger partial charge in [-0.25, -0.2) is 9.37 Å². The fourth-order valence-electron chi connectivity index (χ4n) is 1.27. The summed E-state index contributed by atoms with van der Waals surface area (Å²) in [7, 11) is 0. The number of amides is 1. The van der Waals surface area contributed by atoms with Crippen molar-refractivity contribution in [3.05, 3.63) is 52.2 Å². The minimum atomic E-state index is -0.946. The molecule has 0 spiro atoms. The van der Waals surface area contributed by atoms with Crippen molar-refractivity contribution in [2.75, 3.05) is 0 Å². The molecule has 0 unspecified atom stereocenters. The van der Waals surface area contributed by atoms with E-state index >= 15 is 0 Å². The van der Waals surface area contributed by atoms with Crippen LogP contribution in [-0.2, 0) is 0 Å². The highest BCUT2D eigenvalue weighted by atomic mass is 19.1. The summed E-state index contributed by atoms with van der Waals surface area (Å²) in [5.41, 5.74) is 4.56. The number of nitrogens with zero attached hydrogens (tertiary/aromatic N) is 3. The van der Waals surface area contributed by atoms with Crippen LogP contribution in [0.3, 0.4) is 0 Å². The van der Waals surface area contributed by atoms with Crippen LogP contribution >= 0.6 is 0 Å². The lowest BCUT2D eigenvalue weighted by atomic mass is 10.3. The van der Waals surface area contributed by atoms with Gasteiger partial charge in [-0.3, -0.25) is 14.9 Å². The molecule has 0 aliphatic carbocycles. The van der Waals surface area contributed by atoms with Gasteiger partial charge in [0.1, 0.15) is 0 Å². The van der Waals surface area contributed by atoms with Gasteiger partial charge in [0.05, 0.1) is 17.2 Å². The Morgan fingerprint density at radius 2 is 2.25 bits per heavy atom. The fraction of sp³-hybridized carbons (Fsp3) is 0. The van der Waals surface area contributed by atoms with Crippen LogP contribution in [0.2, 0.25) is 0 Å². The topological polar surface area (TPSA) is 121 Å². The van der Waals surface area contributed by atoms with Crippen LogP contribution < -0.4 is 10.5 Å². The second kappa shape index (κ2) is 5.26. The Morgan fingerprint density at radius 3 is 2.85 bits per heavy atom. The monoisotopic (exact) mass is 277 g/mol. The number of carbonyl (C=O) groups excluding carboxylic acids is 1. The molecule has 0 fully saturated rings. The molecule has 101 valence electrons. The zero-order valence-electron chi connectivity index (χ0n) is 9.74. The van der Waals surface area contributed by atoms with Gasteiger partial charge in [0.25, 0.3) is 11.6 Å². The molecule has 1 amide bonds. The lowest BCUT2D eigenvalue weighted by Gasteiger charge is -2.05. The van der Waals surface area contributed by atoms with Crippen LogP contribution in [0, 0.1) is 22.1 Å². The van der Waals surface area contributed by atoms with Gasteiger partial charge in [-0.1, -0.05) is 0 Å². The number of benzene rings is 1. The zero-order valence-corrected chi connectivity index (χ0v) is 9.74. The molecule has 0 aliphatic rings. The van der Waals surface area contributed by atoms with Gasteiger partial charge in [-0.15, -0.1) is 0 Å². The van der Waals surface area contributed by atoms with Crippen molar-refractivity contribution in [2.24, 2.45) is 5.73 Å². The first-order valence-corrected chi connectivity index (χ1v) is 5.14.